The summed E-state index contributed by atoms with van der Waals surface area (Å²) in [5.41, 5.74) is 0. The van der Waals surface area contributed by atoms with E-state index in [-0.39, 0.29) is 61.0 Å². The number of likely N-dealkylation sites (N-methyl/N-ethyl adjacent to an activating group) is 3. The van der Waals surface area contributed by atoms with Crippen LogP contribution in [-0.2, 0) is 28.7 Å². The number of amides is 3. The molecule has 0 aromatic carbocycles. The Morgan fingerprint density at radius 3 is 1.81 bits per heavy atom. The van der Waals surface area contributed by atoms with Crippen LogP contribution in [-0.4, -0.2) is 120 Å². The fourth-order valence-electron chi connectivity index (χ4n) is 5.31. The predicted molar refractivity (Wildman–Crippen MR) is 197 cm³/mol. The number of nitrogens with one attached hydrogen (secondary N) is 3. The van der Waals surface area contributed by atoms with E-state index in [4.69, 9.17) is 14.3 Å². The number of ether oxygens (including phenoxy) is 2. The van der Waals surface area contributed by atoms with Gasteiger partial charge in [0.25, 0.3) is 0 Å². The SMILES string of the molecule is CC.CCC.CCC(C)C(C(CC(=O)N1CCCC1C(OC)C(C)C)OC)N(C)C(=O)CNC.CCNC(C=O)C(C)C.CNC=O. The van der Waals surface area contributed by atoms with E-state index >= 15 is 0 Å². The van der Waals surface area contributed by atoms with Crippen molar-refractivity contribution in [1.82, 2.24) is 25.8 Å². The highest BCUT2D eigenvalue weighted by Crippen LogP contribution is 2.28. The number of carbonyl (C=O) groups is 4. The first kappa shape index (κ1) is 51.7. The first-order valence-electron chi connectivity index (χ1n) is 17.8. The van der Waals surface area contributed by atoms with Crippen LogP contribution in [0.4, 0.5) is 0 Å². The van der Waals surface area contributed by atoms with Crippen LogP contribution in [0.1, 0.15) is 108 Å². The average molecular weight is 676 g/mol. The largest absolute Gasteiger partial charge is 0.379 e. The van der Waals surface area contributed by atoms with Gasteiger partial charge in [-0.3, -0.25) is 14.4 Å². The molecule has 1 rings (SSSR count). The van der Waals surface area contributed by atoms with Gasteiger partial charge in [0.15, 0.2) is 0 Å². The van der Waals surface area contributed by atoms with E-state index in [0.29, 0.717) is 18.2 Å². The Balaban J connectivity index is -0.000000421. The first-order valence-corrected chi connectivity index (χ1v) is 17.8. The molecule has 0 aromatic rings. The fourth-order valence-corrected chi connectivity index (χ4v) is 5.31. The number of methoxy groups -OCH3 is 2. The molecule has 1 heterocycles. The molecule has 0 saturated carbocycles. The lowest BCUT2D eigenvalue weighted by molar-refractivity contribution is -0.144. The molecule has 47 heavy (non-hydrogen) atoms. The Morgan fingerprint density at radius 1 is 0.957 bits per heavy atom. The molecule has 1 aliphatic rings. The summed E-state index contributed by atoms with van der Waals surface area (Å²) in [4.78, 5) is 48.9. The molecule has 1 saturated heterocycles. The van der Waals surface area contributed by atoms with Crippen LogP contribution >= 0.6 is 0 Å². The third-order valence-corrected chi connectivity index (χ3v) is 7.81. The number of rotatable bonds is 17. The van der Waals surface area contributed by atoms with E-state index in [1.54, 1.807) is 33.2 Å². The van der Waals surface area contributed by atoms with E-state index < -0.39 is 0 Å². The van der Waals surface area contributed by atoms with Crippen LogP contribution in [0.2, 0.25) is 0 Å². The van der Waals surface area contributed by atoms with Crippen LogP contribution in [0.25, 0.3) is 0 Å². The van der Waals surface area contributed by atoms with Gasteiger partial charge in [-0.15, -0.1) is 0 Å². The molecule has 0 spiro atoms. The fraction of sp³-hybridized carbons (Fsp3) is 0.889. The minimum atomic E-state index is -0.343. The van der Waals surface area contributed by atoms with Crippen LogP contribution in [0.3, 0.4) is 0 Å². The second kappa shape index (κ2) is 33.8. The minimum absolute atomic E-state index is 0.00519. The number of hydrogen-bond donors (Lipinski definition) is 3. The third-order valence-electron chi connectivity index (χ3n) is 7.81. The summed E-state index contributed by atoms with van der Waals surface area (Å²) in [5.74, 6) is 1.06. The zero-order chi connectivity index (χ0) is 37.5. The van der Waals surface area contributed by atoms with Gasteiger partial charge in [0, 0.05) is 34.9 Å². The van der Waals surface area contributed by atoms with Crippen LogP contribution in [0.15, 0.2) is 0 Å². The predicted octanol–water partition coefficient (Wildman–Crippen LogP) is 4.77. The number of aldehydes is 1. The number of hydrogen-bond acceptors (Lipinski definition) is 8. The Kier molecular flexibility index (Phi) is 37.2. The van der Waals surface area contributed by atoms with Crippen molar-refractivity contribution in [3.05, 3.63) is 0 Å². The van der Waals surface area contributed by atoms with Gasteiger partial charge in [-0.2, -0.15) is 0 Å². The summed E-state index contributed by atoms with van der Waals surface area (Å²) in [6.45, 7) is 24.7. The van der Waals surface area contributed by atoms with Crippen molar-refractivity contribution < 1.29 is 28.7 Å². The standard InChI is InChI=1S/C22H43N3O4.C7H15NO.C3H8.C2H5NO.C2H6/c1-9-16(4)21(24(6)20(27)14-23-5)18(28-7)13-19(26)25-12-10-11-17(25)22(29-8)15(2)3;1-4-8-7(5-9)6(2)3;1-3-2;1-3-2-4;1-2/h15-18,21-23H,9-14H2,1-8H3;5-8H,4H2,1-3H3;3H2,1-2H3;2H,1H3,(H,3,4);1-2H3. The second-order valence-electron chi connectivity index (χ2n) is 12.2. The molecule has 282 valence electrons. The molecule has 3 N–H and O–H groups in total. The number of carbonyl (C=O) groups excluding carboxylic acids is 4. The van der Waals surface area contributed by atoms with E-state index in [1.807, 2.05) is 46.6 Å². The summed E-state index contributed by atoms with van der Waals surface area (Å²) in [7, 11) is 8.50. The molecule has 11 nitrogen and oxygen atoms in total. The van der Waals surface area contributed by atoms with Crippen molar-refractivity contribution >= 4 is 24.5 Å². The highest BCUT2D eigenvalue weighted by atomic mass is 16.5. The Morgan fingerprint density at radius 2 is 1.49 bits per heavy atom. The molecule has 3 amide bonds. The van der Waals surface area contributed by atoms with E-state index in [2.05, 4.69) is 57.5 Å². The molecule has 1 fully saturated rings. The topological polar surface area (TPSA) is 129 Å². The van der Waals surface area contributed by atoms with Crippen molar-refractivity contribution in [2.24, 2.45) is 17.8 Å². The summed E-state index contributed by atoms with van der Waals surface area (Å²) in [5, 5.41) is 8.23. The summed E-state index contributed by atoms with van der Waals surface area (Å²) < 4.78 is 11.5. The van der Waals surface area contributed by atoms with Crippen molar-refractivity contribution in [3.63, 3.8) is 0 Å². The second-order valence-corrected chi connectivity index (χ2v) is 12.2. The smallest absolute Gasteiger partial charge is 0.236 e. The van der Waals surface area contributed by atoms with Gasteiger partial charge in [-0.1, -0.05) is 89.0 Å². The van der Waals surface area contributed by atoms with Gasteiger partial charge >= 0.3 is 0 Å². The van der Waals surface area contributed by atoms with Crippen molar-refractivity contribution in [3.8, 4) is 0 Å². The molecular formula is C36H77N5O6. The highest BCUT2D eigenvalue weighted by Gasteiger charge is 2.39. The molecule has 0 bridgehead atoms. The maximum atomic E-state index is 13.3. The van der Waals surface area contributed by atoms with Crippen molar-refractivity contribution in [2.45, 2.75) is 139 Å². The van der Waals surface area contributed by atoms with Gasteiger partial charge in [-0.05, 0) is 44.2 Å². The van der Waals surface area contributed by atoms with E-state index in [1.165, 1.54) is 6.42 Å². The zero-order valence-electron chi connectivity index (χ0n) is 33.3. The maximum absolute atomic E-state index is 13.3. The van der Waals surface area contributed by atoms with Crippen molar-refractivity contribution in [2.75, 3.05) is 55.0 Å². The molecular weight excluding hydrogens is 598 g/mol. The third kappa shape index (κ3) is 22.2. The minimum Gasteiger partial charge on any atom is -0.379 e. The van der Waals surface area contributed by atoms with Gasteiger partial charge < -0.3 is 40.0 Å². The lowest BCUT2D eigenvalue weighted by Crippen LogP contribution is -2.53. The molecule has 6 unspecified atom stereocenters. The van der Waals surface area contributed by atoms with E-state index in [9.17, 15) is 14.4 Å². The first-order chi connectivity index (χ1) is 22.3. The van der Waals surface area contributed by atoms with Gasteiger partial charge in [0.2, 0.25) is 18.2 Å². The molecule has 0 aliphatic carbocycles. The van der Waals surface area contributed by atoms with Gasteiger partial charge in [-0.25, -0.2) is 0 Å². The molecule has 0 aromatic heterocycles. The Labute approximate surface area is 290 Å². The number of nitrogens with zero attached hydrogens (tertiary/aromatic N) is 2. The van der Waals surface area contributed by atoms with Gasteiger partial charge in [0.05, 0.1) is 43.3 Å². The molecule has 0 radical (unpaired) electrons. The quantitative estimate of drug-likeness (QED) is 0.188. The monoisotopic (exact) mass is 676 g/mol. The summed E-state index contributed by atoms with van der Waals surface area (Å²) in [6.07, 6.45) is 5.67. The van der Waals surface area contributed by atoms with Crippen LogP contribution in [0.5, 0.6) is 0 Å². The number of likely N-dealkylation sites (tertiary alicyclic amines) is 1. The molecule has 11 heteroatoms. The Hall–Kier alpha value is -2.08. The molecule has 1 aliphatic heterocycles. The molecule has 6 atom stereocenters. The Bertz CT molecular complexity index is 755. The average Bonchev–Trinajstić information content (AvgIpc) is 3.54. The summed E-state index contributed by atoms with van der Waals surface area (Å²) in [6, 6.07) is -0.00937. The summed E-state index contributed by atoms with van der Waals surface area (Å²) >= 11 is 0. The van der Waals surface area contributed by atoms with Crippen LogP contribution in [0, 0.1) is 17.8 Å². The zero-order valence-corrected chi connectivity index (χ0v) is 33.3. The van der Waals surface area contributed by atoms with E-state index in [0.717, 1.165) is 38.6 Å². The van der Waals surface area contributed by atoms with Crippen LogP contribution < -0.4 is 16.0 Å². The normalized spacial score (nSPS) is 16.6. The lowest BCUT2D eigenvalue weighted by Gasteiger charge is -2.39. The maximum Gasteiger partial charge on any atom is 0.236 e. The lowest BCUT2D eigenvalue weighted by atomic mass is 9.90. The van der Waals surface area contributed by atoms with Crippen molar-refractivity contribution in [1.29, 1.82) is 0 Å². The van der Waals surface area contributed by atoms with Gasteiger partial charge in [0.1, 0.15) is 6.29 Å². The highest BCUT2D eigenvalue weighted by molar-refractivity contribution is 5.79.